The number of rotatable bonds is 11. The number of hydrogen-bond acceptors (Lipinski definition) is 8. The van der Waals surface area contributed by atoms with Crippen molar-refractivity contribution in [2.24, 2.45) is 0 Å². The van der Waals surface area contributed by atoms with Crippen LogP contribution in [-0.2, 0) is 20.6 Å². The fourth-order valence-electron chi connectivity index (χ4n) is 3.21. The minimum absolute atomic E-state index is 0.132. The molecule has 0 aliphatic rings. The highest BCUT2D eigenvalue weighted by atomic mass is 35.5. The van der Waals surface area contributed by atoms with Crippen molar-refractivity contribution in [3.63, 3.8) is 0 Å². The summed E-state index contributed by atoms with van der Waals surface area (Å²) in [5.41, 5.74) is 1.91. The standard InChI is InChI=1S/C22H26ClN3O4S/c1-15-17-19(26(10-13-28-2)11-14-29-3)24-22(23)25-20(17)31-18(15)21(27)30-12-9-16-7-5-4-6-8-16/h4-8H,9-14H2,1-3H3. The molecule has 0 unspecified atom stereocenters. The fraction of sp³-hybridized carbons (Fsp3) is 0.409. The Hall–Kier alpha value is -2.26. The molecule has 0 aliphatic carbocycles. The van der Waals surface area contributed by atoms with Gasteiger partial charge in [0, 0.05) is 33.7 Å². The number of halogens is 1. The number of carbonyl (C=O) groups is 1. The maximum atomic E-state index is 12.8. The zero-order chi connectivity index (χ0) is 22.2. The van der Waals surface area contributed by atoms with Crippen molar-refractivity contribution < 1.29 is 19.0 Å². The van der Waals surface area contributed by atoms with E-state index < -0.39 is 0 Å². The number of ether oxygens (including phenoxy) is 3. The number of hydrogen-bond donors (Lipinski definition) is 0. The molecule has 1 aromatic carbocycles. The third-order valence-corrected chi connectivity index (χ3v) is 6.16. The highest BCUT2D eigenvalue weighted by Gasteiger charge is 2.24. The van der Waals surface area contributed by atoms with Crippen LogP contribution < -0.4 is 4.90 Å². The molecule has 0 fully saturated rings. The molecule has 0 saturated heterocycles. The van der Waals surface area contributed by atoms with Gasteiger partial charge in [-0.3, -0.25) is 0 Å². The summed E-state index contributed by atoms with van der Waals surface area (Å²) in [6.45, 7) is 4.44. The number of carbonyl (C=O) groups excluding carboxylic acids is 1. The van der Waals surface area contributed by atoms with Crippen molar-refractivity contribution in [3.05, 3.63) is 51.6 Å². The van der Waals surface area contributed by atoms with Gasteiger partial charge in [0.05, 0.1) is 25.2 Å². The van der Waals surface area contributed by atoms with Gasteiger partial charge in [-0.2, -0.15) is 4.98 Å². The molecule has 2 aromatic heterocycles. The van der Waals surface area contributed by atoms with Crippen LogP contribution in [0.1, 0.15) is 20.8 Å². The van der Waals surface area contributed by atoms with Crippen molar-refractivity contribution in [2.75, 3.05) is 52.0 Å². The number of anilines is 1. The molecule has 9 heteroatoms. The highest BCUT2D eigenvalue weighted by Crippen LogP contribution is 2.36. The summed E-state index contributed by atoms with van der Waals surface area (Å²) in [7, 11) is 3.30. The normalized spacial score (nSPS) is 11.1. The predicted molar refractivity (Wildman–Crippen MR) is 124 cm³/mol. The van der Waals surface area contributed by atoms with Crippen molar-refractivity contribution in [1.82, 2.24) is 9.97 Å². The molecule has 0 N–H and O–H groups in total. The van der Waals surface area contributed by atoms with E-state index in [2.05, 4.69) is 9.97 Å². The molecule has 3 rings (SSSR count). The Morgan fingerprint density at radius 1 is 1.06 bits per heavy atom. The van der Waals surface area contributed by atoms with Gasteiger partial charge in [-0.25, -0.2) is 9.78 Å². The number of fused-ring (bicyclic) bond motifs is 1. The highest BCUT2D eigenvalue weighted by molar-refractivity contribution is 7.20. The van der Waals surface area contributed by atoms with Crippen molar-refractivity contribution in [2.45, 2.75) is 13.3 Å². The first-order chi connectivity index (χ1) is 15.0. The number of thiophene rings is 1. The Morgan fingerprint density at radius 2 is 1.74 bits per heavy atom. The molecule has 7 nitrogen and oxygen atoms in total. The lowest BCUT2D eigenvalue weighted by molar-refractivity contribution is 0.0514. The monoisotopic (exact) mass is 463 g/mol. The Morgan fingerprint density at radius 3 is 2.39 bits per heavy atom. The lowest BCUT2D eigenvalue weighted by Gasteiger charge is -2.24. The molecule has 0 atom stereocenters. The van der Waals surface area contributed by atoms with Gasteiger partial charge in [-0.1, -0.05) is 30.3 Å². The van der Waals surface area contributed by atoms with E-state index in [1.165, 1.54) is 11.3 Å². The fourth-order valence-corrected chi connectivity index (χ4v) is 4.50. The van der Waals surface area contributed by atoms with E-state index in [0.717, 1.165) is 16.5 Å². The second-order valence-corrected chi connectivity index (χ2v) is 8.23. The Bertz CT molecular complexity index is 1000. The number of nitrogens with zero attached hydrogens (tertiary/aromatic N) is 3. The van der Waals surface area contributed by atoms with Crippen LogP contribution in [0.5, 0.6) is 0 Å². The predicted octanol–water partition coefficient (Wildman–Crippen LogP) is 4.15. The van der Waals surface area contributed by atoms with Gasteiger partial charge in [-0.05, 0) is 29.7 Å². The molecule has 0 aliphatic heterocycles. The average molecular weight is 464 g/mol. The number of aryl methyl sites for hydroxylation is 1. The quantitative estimate of drug-likeness (QED) is 0.312. The molecule has 0 spiro atoms. The lowest BCUT2D eigenvalue weighted by Crippen LogP contribution is -2.31. The van der Waals surface area contributed by atoms with Gasteiger partial charge in [0.2, 0.25) is 5.28 Å². The van der Waals surface area contributed by atoms with E-state index >= 15 is 0 Å². The molecular formula is C22H26ClN3O4S. The minimum Gasteiger partial charge on any atom is -0.461 e. The molecule has 0 bridgehead atoms. The van der Waals surface area contributed by atoms with Gasteiger partial charge < -0.3 is 19.1 Å². The zero-order valence-corrected chi connectivity index (χ0v) is 19.5. The van der Waals surface area contributed by atoms with Crippen LogP contribution in [0.4, 0.5) is 5.82 Å². The van der Waals surface area contributed by atoms with Gasteiger partial charge in [0.1, 0.15) is 15.5 Å². The largest absolute Gasteiger partial charge is 0.461 e. The van der Waals surface area contributed by atoms with Gasteiger partial charge in [0.25, 0.3) is 0 Å². The molecule has 0 saturated carbocycles. The van der Waals surface area contributed by atoms with Crippen LogP contribution in [0.25, 0.3) is 10.2 Å². The maximum Gasteiger partial charge on any atom is 0.348 e. The van der Waals surface area contributed by atoms with Gasteiger partial charge >= 0.3 is 5.97 Å². The van der Waals surface area contributed by atoms with E-state index in [-0.39, 0.29) is 11.3 Å². The number of benzene rings is 1. The van der Waals surface area contributed by atoms with E-state index in [1.807, 2.05) is 42.2 Å². The second-order valence-electron chi connectivity index (χ2n) is 6.90. The molecule has 31 heavy (non-hydrogen) atoms. The van der Waals surface area contributed by atoms with Gasteiger partial charge in [0.15, 0.2) is 0 Å². The van der Waals surface area contributed by atoms with Crippen LogP contribution >= 0.6 is 22.9 Å². The van der Waals surface area contributed by atoms with Crippen LogP contribution in [0, 0.1) is 6.92 Å². The third-order valence-electron chi connectivity index (χ3n) is 4.83. The summed E-state index contributed by atoms with van der Waals surface area (Å²) in [5, 5.41) is 0.934. The minimum atomic E-state index is -0.362. The molecular weight excluding hydrogens is 438 g/mol. The number of aromatic nitrogens is 2. The molecule has 0 amide bonds. The summed E-state index contributed by atoms with van der Waals surface area (Å²) in [6, 6.07) is 9.92. The van der Waals surface area contributed by atoms with E-state index in [4.69, 9.17) is 25.8 Å². The Balaban J connectivity index is 1.85. The van der Waals surface area contributed by atoms with Crippen molar-refractivity contribution >= 4 is 44.9 Å². The van der Waals surface area contributed by atoms with E-state index in [0.29, 0.717) is 54.9 Å². The van der Waals surface area contributed by atoms with Crippen molar-refractivity contribution in [1.29, 1.82) is 0 Å². The van der Waals surface area contributed by atoms with Crippen molar-refractivity contribution in [3.8, 4) is 0 Å². The summed E-state index contributed by atoms with van der Waals surface area (Å²) < 4.78 is 16.0. The molecule has 0 radical (unpaired) electrons. The van der Waals surface area contributed by atoms with Crippen LogP contribution in [0.15, 0.2) is 30.3 Å². The van der Waals surface area contributed by atoms with E-state index in [9.17, 15) is 4.79 Å². The lowest BCUT2D eigenvalue weighted by atomic mass is 10.2. The van der Waals surface area contributed by atoms with Gasteiger partial charge in [-0.15, -0.1) is 11.3 Å². The van der Waals surface area contributed by atoms with Crippen LogP contribution in [0.3, 0.4) is 0 Å². The molecule has 166 valence electrons. The smallest absolute Gasteiger partial charge is 0.348 e. The summed E-state index contributed by atoms with van der Waals surface area (Å²) in [6.07, 6.45) is 0.662. The summed E-state index contributed by atoms with van der Waals surface area (Å²) in [4.78, 5) is 24.8. The Kier molecular flexibility index (Phi) is 8.60. The Labute approximate surface area is 190 Å². The summed E-state index contributed by atoms with van der Waals surface area (Å²) in [5.74, 6) is 0.306. The first kappa shape index (κ1) is 23.4. The second kappa shape index (κ2) is 11.4. The molecule has 2 heterocycles. The topological polar surface area (TPSA) is 73.8 Å². The zero-order valence-electron chi connectivity index (χ0n) is 17.9. The average Bonchev–Trinajstić information content (AvgIpc) is 3.10. The SMILES string of the molecule is COCCN(CCOC)c1nc(Cl)nc2sc(C(=O)OCCc3ccccc3)c(C)c12. The maximum absolute atomic E-state index is 12.8. The summed E-state index contributed by atoms with van der Waals surface area (Å²) >= 11 is 7.48. The van der Waals surface area contributed by atoms with Crippen LogP contribution in [0.2, 0.25) is 5.28 Å². The third kappa shape index (κ3) is 5.92. The molecule has 3 aromatic rings. The number of methoxy groups -OCH3 is 2. The van der Waals surface area contributed by atoms with Crippen LogP contribution in [-0.4, -0.2) is 63.1 Å². The van der Waals surface area contributed by atoms with E-state index in [1.54, 1.807) is 14.2 Å². The first-order valence-corrected chi connectivity index (χ1v) is 11.1. The number of esters is 1. The first-order valence-electron chi connectivity index (χ1n) is 9.95.